The maximum atomic E-state index is 10.9. The van der Waals surface area contributed by atoms with Gasteiger partial charge in [-0.25, -0.2) is 4.79 Å². The van der Waals surface area contributed by atoms with Gasteiger partial charge in [0.1, 0.15) is 0 Å². The maximum absolute atomic E-state index is 10.9. The number of carboxylic acid groups (broad SMARTS) is 1. The largest absolute Gasteiger partial charge is 0.465 e. The van der Waals surface area contributed by atoms with Gasteiger partial charge in [0.2, 0.25) is 0 Å². The number of amides is 1. The molecule has 0 saturated carbocycles. The highest BCUT2D eigenvalue weighted by Crippen LogP contribution is 2.27. The van der Waals surface area contributed by atoms with E-state index in [1.165, 1.54) is 0 Å². The summed E-state index contributed by atoms with van der Waals surface area (Å²) in [4.78, 5) is 13.2. The second kappa shape index (κ2) is 8.34. The summed E-state index contributed by atoms with van der Waals surface area (Å²) in [6.07, 6.45) is -0.145. The zero-order valence-electron chi connectivity index (χ0n) is 13.7. The van der Waals surface area contributed by atoms with E-state index in [-0.39, 0.29) is 0 Å². The molecule has 0 aliphatic rings. The molecule has 2 aromatic rings. The SMILES string of the molecule is CCN(CC)CCc1cc(NC(=O)O)ccc1-c1ccccc1. The molecule has 0 radical (unpaired) electrons. The first kappa shape index (κ1) is 17.0. The summed E-state index contributed by atoms with van der Waals surface area (Å²) in [6.45, 7) is 7.31. The molecule has 0 fully saturated rings. The average molecular weight is 312 g/mol. The molecule has 0 unspecified atom stereocenters. The van der Waals surface area contributed by atoms with Crippen LogP contribution in [0.3, 0.4) is 0 Å². The lowest BCUT2D eigenvalue weighted by Gasteiger charge is -2.19. The lowest BCUT2D eigenvalue weighted by atomic mass is 9.97. The molecule has 0 saturated heterocycles. The molecule has 4 nitrogen and oxygen atoms in total. The van der Waals surface area contributed by atoms with Crippen molar-refractivity contribution in [3.8, 4) is 11.1 Å². The first-order chi connectivity index (χ1) is 11.1. The van der Waals surface area contributed by atoms with E-state index in [0.717, 1.165) is 42.7 Å². The fourth-order valence-corrected chi connectivity index (χ4v) is 2.72. The molecular formula is C19H24N2O2. The number of hydrogen-bond donors (Lipinski definition) is 2. The van der Waals surface area contributed by atoms with Crippen LogP contribution >= 0.6 is 0 Å². The van der Waals surface area contributed by atoms with E-state index in [4.69, 9.17) is 5.11 Å². The van der Waals surface area contributed by atoms with Gasteiger partial charge in [0, 0.05) is 12.2 Å². The van der Waals surface area contributed by atoms with Crippen molar-refractivity contribution in [3.63, 3.8) is 0 Å². The molecule has 0 atom stereocenters. The number of nitrogens with one attached hydrogen (secondary N) is 1. The normalized spacial score (nSPS) is 10.7. The third kappa shape index (κ3) is 4.83. The smallest absolute Gasteiger partial charge is 0.409 e. The van der Waals surface area contributed by atoms with Gasteiger partial charge in [0.05, 0.1) is 0 Å². The third-order valence-electron chi connectivity index (χ3n) is 4.03. The summed E-state index contributed by atoms with van der Waals surface area (Å²) in [5.74, 6) is 0. The average Bonchev–Trinajstić information content (AvgIpc) is 2.56. The number of anilines is 1. The quantitative estimate of drug-likeness (QED) is 0.800. The summed E-state index contributed by atoms with van der Waals surface area (Å²) in [5.41, 5.74) is 4.10. The van der Waals surface area contributed by atoms with Crippen LogP contribution < -0.4 is 5.32 Å². The Labute approximate surface area is 137 Å². The summed E-state index contributed by atoms with van der Waals surface area (Å²) in [5, 5.41) is 11.4. The Bertz CT molecular complexity index is 637. The van der Waals surface area contributed by atoms with Crippen LogP contribution in [0.2, 0.25) is 0 Å². The number of nitrogens with zero attached hydrogens (tertiary/aromatic N) is 1. The Morgan fingerprint density at radius 1 is 1.09 bits per heavy atom. The molecule has 0 spiro atoms. The zero-order valence-corrected chi connectivity index (χ0v) is 13.7. The molecule has 2 rings (SSSR count). The molecule has 2 aromatic carbocycles. The fourth-order valence-electron chi connectivity index (χ4n) is 2.72. The van der Waals surface area contributed by atoms with E-state index >= 15 is 0 Å². The minimum atomic E-state index is -1.04. The molecule has 122 valence electrons. The van der Waals surface area contributed by atoms with E-state index in [0.29, 0.717) is 5.69 Å². The molecule has 2 N–H and O–H groups in total. The number of carbonyl (C=O) groups is 1. The summed E-state index contributed by atoms with van der Waals surface area (Å²) >= 11 is 0. The van der Waals surface area contributed by atoms with E-state index in [9.17, 15) is 4.79 Å². The summed E-state index contributed by atoms with van der Waals surface area (Å²) in [7, 11) is 0. The Hall–Kier alpha value is -2.33. The summed E-state index contributed by atoms with van der Waals surface area (Å²) in [6, 6.07) is 16.0. The number of hydrogen-bond acceptors (Lipinski definition) is 2. The van der Waals surface area contributed by atoms with Crippen LogP contribution in [0.25, 0.3) is 11.1 Å². The predicted octanol–water partition coefficient (Wildman–Crippen LogP) is 4.33. The second-order valence-electron chi connectivity index (χ2n) is 5.44. The predicted molar refractivity (Wildman–Crippen MR) is 95.0 cm³/mol. The molecular weight excluding hydrogens is 288 g/mol. The van der Waals surface area contributed by atoms with E-state index in [1.54, 1.807) is 0 Å². The van der Waals surface area contributed by atoms with Crippen LogP contribution in [0.15, 0.2) is 48.5 Å². The second-order valence-corrected chi connectivity index (χ2v) is 5.44. The van der Waals surface area contributed by atoms with Crippen molar-refractivity contribution in [1.82, 2.24) is 4.90 Å². The molecule has 0 heterocycles. The summed E-state index contributed by atoms with van der Waals surface area (Å²) < 4.78 is 0. The minimum absolute atomic E-state index is 0.617. The van der Waals surface area contributed by atoms with Gasteiger partial charge in [0.25, 0.3) is 0 Å². The maximum Gasteiger partial charge on any atom is 0.409 e. The zero-order chi connectivity index (χ0) is 16.7. The first-order valence-electron chi connectivity index (χ1n) is 8.04. The van der Waals surface area contributed by atoms with E-state index in [2.05, 4.69) is 36.2 Å². The van der Waals surface area contributed by atoms with Gasteiger partial charge in [-0.2, -0.15) is 0 Å². The van der Waals surface area contributed by atoms with Crippen molar-refractivity contribution in [1.29, 1.82) is 0 Å². The molecule has 1 amide bonds. The number of likely N-dealkylation sites (N-methyl/N-ethyl adjacent to an activating group) is 1. The van der Waals surface area contributed by atoms with Gasteiger partial charge in [-0.15, -0.1) is 0 Å². The van der Waals surface area contributed by atoms with Gasteiger partial charge in [0.15, 0.2) is 0 Å². The highest BCUT2D eigenvalue weighted by atomic mass is 16.4. The topological polar surface area (TPSA) is 52.6 Å². The Morgan fingerprint density at radius 2 is 1.78 bits per heavy atom. The Balaban J connectivity index is 2.31. The van der Waals surface area contributed by atoms with Crippen molar-refractivity contribution in [2.24, 2.45) is 0 Å². The van der Waals surface area contributed by atoms with Crippen molar-refractivity contribution in [2.45, 2.75) is 20.3 Å². The van der Waals surface area contributed by atoms with E-state index in [1.807, 2.05) is 36.4 Å². The highest BCUT2D eigenvalue weighted by Gasteiger charge is 2.09. The van der Waals surface area contributed by atoms with Crippen molar-refractivity contribution in [3.05, 3.63) is 54.1 Å². The lowest BCUT2D eigenvalue weighted by molar-refractivity contribution is 0.210. The van der Waals surface area contributed by atoms with Crippen LogP contribution in [-0.2, 0) is 6.42 Å². The van der Waals surface area contributed by atoms with Crippen LogP contribution in [0.4, 0.5) is 10.5 Å². The Morgan fingerprint density at radius 3 is 2.39 bits per heavy atom. The van der Waals surface area contributed by atoms with Crippen molar-refractivity contribution < 1.29 is 9.90 Å². The van der Waals surface area contributed by atoms with E-state index < -0.39 is 6.09 Å². The van der Waals surface area contributed by atoms with Crippen molar-refractivity contribution in [2.75, 3.05) is 25.0 Å². The first-order valence-corrected chi connectivity index (χ1v) is 8.04. The molecule has 4 heteroatoms. The van der Waals surface area contributed by atoms with Gasteiger partial charge in [-0.05, 0) is 48.3 Å². The minimum Gasteiger partial charge on any atom is -0.465 e. The molecule has 0 aliphatic carbocycles. The van der Waals surface area contributed by atoms with Crippen LogP contribution in [-0.4, -0.2) is 35.7 Å². The third-order valence-corrected chi connectivity index (χ3v) is 4.03. The highest BCUT2D eigenvalue weighted by molar-refractivity contribution is 5.84. The van der Waals surface area contributed by atoms with Crippen LogP contribution in [0, 0.1) is 0 Å². The monoisotopic (exact) mass is 312 g/mol. The van der Waals surface area contributed by atoms with Crippen LogP contribution in [0.1, 0.15) is 19.4 Å². The van der Waals surface area contributed by atoms with Gasteiger partial charge in [-0.3, -0.25) is 5.32 Å². The van der Waals surface area contributed by atoms with Gasteiger partial charge in [-0.1, -0.05) is 50.2 Å². The fraction of sp³-hybridized carbons (Fsp3) is 0.316. The molecule has 23 heavy (non-hydrogen) atoms. The van der Waals surface area contributed by atoms with Crippen LogP contribution in [0.5, 0.6) is 0 Å². The van der Waals surface area contributed by atoms with Gasteiger partial charge < -0.3 is 10.0 Å². The standard InChI is InChI=1S/C19H24N2O2/c1-3-21(4-2)13-12-16-14-17(20-19(22)23)10-11-18(16)15-8-6-5-7-9-15/h5-11,14,20H,3-4,12-13H2,1-2H3,(H,22,23). The lowest BCUT2D eigenvalue weighted by Crippen LogP contribution is -2.25. The molecule has 0 bridgehead atoms. The number of rotatable bonds is 7. The van der Waals surface area contributed by atoms with Crippen molar-refractivity contribution >= 4 is 11.8 Å². The Kier molecular flexibility index (Phi) is 6.18. The molecule has 0 aromatic heterocycles. The number of benzene rings is 2. The van der Waals surface area contributed by atoms with Gasteiger partial charge >= 0.3 is 6.09 Å². The molecule has 0 aliphatic heterocycles.